The van der Waals surface area contributed by atoms with E-state index in [4.69, 9.17) is 0 Å². The smallest absolute Gasteiger partial charge is 0.0702 e. The molecule has 65 heavy (non-hydrogen) atoms. The fraction of sp³-hybridized carbons (Fsp3) is 0. The molecule has 0 spiro atoms. The molecule has 0 atom stereocenters. The van der Waals surface area contributed by atoms with Crippen molar-refractivity contribution in [1.29, 1.82) is 0 Å². The Labute approximate surface area is 381 Å². The number of anilines is 3. The molecule has 13 rings (SSSR count). The maximum atomic E-state index is 2.52. The van der Waals surface area contributed by atoms with E-state index in [9.17, 15) is 0 Å². The van der Waals surface area contributed by atoms with Gasteiger partial charge in [-0.25, -0.2) is 0 Å². The predicted molar refractivity (Wildman–Crippen MR) is 280 cm³/mol. The van der Waals surface area contributed by atoms with E-state index in [0.29, 0.717) is 0 Å². The molecule has 304 valence electrons. The zero-order valence-corrected chi connectivity index (χ0v) is 36.2. The third-order valence-electron chi connectivity index (χ3n) is 13.2. The van der Waals surface area contributed by atoms with Crippen LogP contribution in [0.1, 0.15) is 0 Å². The minimum Gasteiger partial charge on any atom is -0.308 e. The molecule has 11 aromatic carbocycles. The molecule has 2 nitrogen and oxygen atoms in total. The average molecular weight is 845 g/mol. The molecule has 0 aliphatic rings. The molecule has 0 unspecified atom stereocenters. The van der Waals surface area contributed by atoms with Crippen molar-refractivity contribution in [3.63, 3.8) is 0 Å². The van der Waals surface area contributed by atoms with Gasteiger partial charge < -0.3 is 9.47 Å². The molecule has 0 amide bonds. The van der Waals surface area contributed by atoms with Crippen LogP contribution in [0.4, 0.5) is 17.1 Å². The molecule has 2 heterocycles. The predicted octanol–water partition coefficient (Wildman–Crippen LogP) is 17.9. The first-order valence-electron chi connectivity index (χ1n) is 22.3. The standard InChI is InChI=1S/C62H40N2S/c1-2-18-41(19-3-1)47-37-36-44(55-39-43-20-4-5-23-46(43)49-24-6-7-25-50(49)55)40-60(47)63(45-22-16-21-42(38-45)48-29-17-30-54-53-28-10-15-35-61(53)65-62(48)54)58-33-13-14-34-59(58)64-56-31-11-8-26-51(56)52-27-9-12-32-57(52)64/h1-40H. The first-order valence-corrected chi connectivity index (χ1v) is 23.1. The Kier molecular flexibility index (Phi) is 8.75. The highest BCUT2D eigenvalue weighted by molar-refractivity contribution is 7.26. The SMILES string of the molecule is c1ccc(-c2ccc(-c3cc4ccccc4c4ccccc34)cc2N(c2cccc(-c3cccc4c3sc3ccccc34)c2)c2ccccc2-n2c3ccccc3c3ccccc32)cc1. The van der Waals surface area contributed by atoms with Crippen LogP contribution in [-0.4, -0.2) is 4.57 Å². The van der Waals surface area contributed by atoms with E-state index < -0.39 is 0 Å². The van der Waals surface area contributed by atoms with Crippen molar-refractivity contribution < 1.29 is 0 Å². The summed E-state index contributed by atoms with van der Waals surface area (Å²) in [5.41, 5.74) is 13.8. The lowest BCUT2D eigenvalue weighted by Gasteiger charge is -2.31. The highest BCUT2D eigenvalue weighted by Crippen LogP contribution is 2.49. The number of para-hydroxylation sites is 4. The van der Waals surface area contributed by atoms with Crippen LogP contribution >= 0.6 is 11.3 Å². The van der Waals surface area contributed by atoms with Gasteiger partial charge in [-0.3, -0.25) is 0 Å². The van der Waals surface area contributed by atoms with E-state index in [0.717, 1.165) is 39.4 Å². The van der Waals surface area contributed by atoms with Crippen LogP contribution in [0.2, 0.25) is 0 Å². The van der Waals surface area contributed by atoms with Gasteiger partial charge in [-0.2, -0.15) is 0 Å². The third kappa shape index (κ3) is 6.08. The maximum absolute atomic E-state index is 2.52. The zero-order chi connectivity index (χ0) is 42.8. The van der Waals surface area contributed by atoms with Gasteiger partial charge in [0, 0.05) is 42.2 Å². The van der Waals surface area contributed by atoms with Gasteiger partial charge in [-0.1, -0.05) is 188 Å². The second-order valence-corrected chi connectivity index (χ2v) is 17.9. The Bertz CT molecular complexity index is 3920. The molecule has 0 aliphatic carbocycles. The Morgan fingerprint density at radius 1 is 0.323 bits per heavy atom. The van der Waals surface area contributed by atoms with E-state index in [1.807, 2.05) is 11.3 Å². The van der Waals surface area contributed by atoms with Gasteiger partial charge in [0.1, 0.15) is 0 Å². The fourth-order valence-electron chi connectivity index (χ4n) is 10.3. The summed E-state index contributed by atoms with van der Waals surface area (Å²) in [6, 6.07) is 89.2. The fourth-order valence-corrected chi connectivity index (χ4v) is 11.5. The first kappa shape index (κ1) is 37.3. The number of rotatable bonds is 7. The van der Waals surface area contributed by atoms with Crippen LogP contribution in [0.3, 0.4) is 0 Å². The van der Waals surface area contributed by atoms with Crippen molar-refractivity contribution in [1.82, 2.24) is 4.57 Å². The van der Waals surface area contributed by atoms with Gasteiger partial charge in [-0.05, 0) is 104 Å². The van der Waals surface area contributed by atoms with Gasteiger partial charge in [-0.15, -0.1) is 11.3 Å². The second-order valence-electron chi connectivity index (χ2n) is 16.8. The maximum Gasteiger partial charge on any atom is 0.0702 e. The average Bonchev–Trinajstić information content (AvgIpc) is 3.93. The molecule has 3 heteroatoms. The van der Waals surface area contributed by atoms with Gasteiger partial charge in [0.25, 0.3) is 0 Å². The van der Waals surface area contributed by atoms with Crippen LogP contribution in [0, 0.1) is 0 Å². The van der Waals surface area contributed by atoms with Crippen LogP contribution < -0.4 is 4.90 Å². The Morgan fingerprint density at radius 3 is 1.74 bits per heavy atom. The van der Waals surface area contributed by atoms with Gasteiger partial charge in [0.2, 0.25) is 0 Å². The van der Waals surface area contributed by atoms with E-state index in [2.05, 4.69) is 252 Å². The van der Waals surface area contributed by atoms with Crippen LogP contribution in [-0.2, 0) is 0 Å². The lowest BCUT2D eigenvalue weighted by atomic mass is 9.91. The summed E-state index contributed by atoms with van der Waals surface area (Å²) in [4.78, 5) is 2.52. The van der Waals surface area contributed by atoms with Crippen LogP contribution in [0.25, 0.3) is 103 Å². The highest BCUT2D eigenvalue weighted by atomic mass is 32.1. The minimum atomic E-state index is 1.08. The zero-order valence-electron chi connectivity index (χ0n) is 35.4. The molecular formula is C62H40N2S. The minimum absolute atomic E-state index is 1.08. The van der Waals surface area contributed by atoms with Gasteiger partial charge in [0.15, 0.2) is 0 Å². The monoisotopic (exact) mass is 844 g/mol. The lowest BCUT2D eigenvalue weighted by molar-refractivity contribution is 1.15. The normalized spacial score (nSPS) is 11.7. The quantitative estimate of drug-likeness (QED) is 0.145. The van der Waals surface area contributed by atoms with E-state index in [1.165, 1.54) is 80.2 Å². The summed E-state index contributed by atoms with van der Waals surface area (Å²) >= 11 is 1.88. The number of aromatic nitrogens is 1. The number of benzene rings is 11. The number of hydrogen-bond donors (Lipinski definition) is 0. The molecule has 0 bridgehead atoms. The number of fused-ring (bicyclic) bond motifs is 9. The van der Waals surface area contributed by atoms with E-state index >= 15 is 0 Å². The third-order valence-corrected chi connectivity index (χ3v) is 14.4. The molecule has 0 saturated carbocycles. The second kappa shape index (κ2) is 15.2. The van der Waals surface area contributed by atoms with E-state index in [-0.39, 0.29) is 0 Å². The molecule has 2 aromatic heterocycles. The number of nitrogens with zero attached hydrogens (tertiary/aromatic N) is 2. The van der Waals surface area contributed by atoms with E-state index in [1.54, 1.807) is 0 Å². The summed E-state index contributed by atoms with van der Waals surface area (Å²) < 4.78 is 5.06. The summed E-state index contributed by atoms with van der Waals surface area (Å²) in [7, 11) is 0. The van der Waals surface area contributed by atoms with Crippen molar-refractivity contribution >= 4 is 91.9 Å². The Balaban J connectivity index is 1.12. The molecule has 0 saturated heterocycles. The number of thiophene rings is 1. The molecular weight excluding hydrogens is 805 g/mol. The van der Waals surface area contributed by atoms with Crippen molar-refractivity contribution in [3.8, 4) is 39.1 Å². The lowest BCUT2D eigenvalue weighted by Crippen LogP contribution is -2.14. The molecule has 13 aromatic rings. The van der Waals surface area contributed by atoms with Crippen molar-refractivity contribution in [3.05, 3.63) is 243 Å². The summed E-state index contributed by atoms with van der Waals surface area (Å²) in [5, 5.41) is 10.1. The largest absolute Gasteiger partial charge is 0.308 e. The van der Waals surface area contributed by atoms with Gasteiger partial charge >= 0.3 is 0 Å². The van der Waals surface area contributed by atoms with Crippen molar-refractivity contribution in [2.45, 2.75) is 0 Å². The Hall–Kier alpha value is -8.24. The number of hydrogen-bond acceptors (Lipinski definition) is 2. The molecule has 0 N–H and O–H groups in total. The molecule has 0 fully saturated rings. The highest BCUT2D eigenvalue weighted by Gasteiger charge is 2.24. The summed E-state index contributed by atoms with van der Waals surface area (Å²) in [6.07, 6.45) is 0. The summed E-state index contributed by atoms with van der Waals surface area (Å²) in [5.74, 6) is 0. The molecule has 0 radical (unpaired) electrons. The van der Waals surface area contributed by atoms with Crippen LogP contribution in [0.15, 0.2) is 243 Å². The first-order chi connectivity index (χ1) is 32.3. The van der Waals surface area contributed by atoms with Crippen molar-refractivity contribution in [2.75, 3.05) is 4.90 Å². The topological polar surface area (TPSA) is 8.17 Å². The van der Waals surface area contributed by atoms with Gasteiger partial charge in [0.05, 0.1) is 28.1 Å². The Morgan fingerprint density at radius 2 is 0.923 bits per heavy atom. The summed E-state index contributed by atoms with van der Waals surface area (Å²) in [6.45, 7) is 0. The molecule has 0 aliphatic heterocycles. The van der Waals surface area contributed by atoms with Crippen molar-refractivity contribution in [2.24, 2.45) is 0 Å². The van der Waals surface area contributed by atoms with Crippen LogP contribution in [0.5, 0.6) is 0 Å².